The lowest BCUT2D eigenvalue weighted by molar-refractivity contribution is 0.666. The van der Waals surface area contributed by atoms with Crippen LogP contribution in [0.2, 0.25) is 0 Å². The summed E-state index contributed by atoms with van der Waals surface area (Å²) in [5, 5.41) is 7.46. The zero-order valence-electron chi connectivity index (χ0n) is 23.6. The molecule has 1 heterocycles. The Bertz CT molecular complexity index is 2380. The highest BCUT2D eigenvalue weighted by atomic mass is 16.3. The second kappa shape index (κ2) is 8.44. The van der Waals surface area contributed by atoms with E-state index < -0.39 is 0 Å². The second-order valence-electron chi connectivity index (χ2n) is 12.2. The van der Waals surface area contributed by atoms with Gasteiger partial charge in [0.05, 0.1) is 0 Å². The molecular weight excluding hydrogens is 508 g/mol. The molecule has 1 nitrogen and oxygen atoms in total. The number of hydrogen-bond donors (Lipinski definition) is 0. The van der Waals surface area contributed by atoms with Gasteiger partial charge >= 0.3 is 0 Å². The van der Waals surface area contributed by atoms with Crippen LogP contribution in [-0.2, 0) is 5.41 Å². The van der Waals surface area contributed by atoms with E-state index in [-0.39, 0.29) is 5.41 Å². The van der Waals surface area contributed by atoms with Gasteiger partial charge in [-0.05, 0) is 102 Å². The third kappa shape index (κ3) is 3.31. The Labute approximate surface area is 244 Å². The van der Waals surface area contributed by atoms with Crippen LogP contribution in [0, 0.1) is 0 Å². The van der Waals surface area contributed by atoms with E-state index in [4.69, 9.17) is 4.42 Å². The first-order chi connectivity index (χ1) is 20.5. The summed E-state index contributed by atoms with van der Waals surface area (Å²) in [6, 6.07) is 48.8. The fourth-order valence-electron chi connectivity index (χ4n) is 7.32. The lowest BCUT2D eigenvalue weighted by Gasteiger charge is -2.23. The summed E-state index contributed by atoms with van der Waals surface area (Å²) in [5.41, 5.74) is 12.4. The highest BCUT2D eigenvalue weighted by Gasteiger charge is 2.36. The van der Waals surface area contributed by atoms with E-state index in [2.05, 4.69) is 135 Å². The molecule has 0 N–H and O–H groups in total. The molecule has 1 aliphatic carbocycles. The quantitative estimate of drug-likeness (QED) is 0.214. The van der Waals surface area contributed by atoms with Gasteiger partial charge in [0, 0.05) is 16.2 Å². The average molecular weight is 537 g/mol. The number of furan rings is 1. The normalized spacial score (nSPS) is 13.7. The smallest absolute Gasteiger partial charge is 0.135 e. The van der Waals surface area contributed by atoms with Crippen molar-refractivity contribution in [3.05, 3.63) is 145 Å². The van der Waals surface area contributed by atoms with Crippen LogP contribution in [0.25, 0.3) is 76.9 Å². The lowest BCUT2D eigenvalue weighted by Crippen LogP contribution is -2.15. The highest BCUT2D eigenvalue weighted by molar-refractivity contribution is 6.06. The molecule has 0 amide bonds. The van der Waals surface area contributed by atoms with Crippen LogP contribution in [0.4, 0.5) is 0 Å². The molecule has 0 atom stereocenters. The van der Waals surface area contributed by atoms with E-state index in [0.29, 0.717) is 0 Å². The maximum Gasteiger partial charge on any atom is 0.135 e. The Hall–Kier alpha value is -5.14. The van der Waals surface area contributed by atoms with Crippen LogP contribution in [0.5, 0.6) is 0 Å². The summed E-state index contributed by atoms with van der Waals surface area (Å²) < 4.78 is 6.04. The van der Waals surface area contributed by atoms with Crippen molar-refractivity contribution in [3.63, 3.8) is 0 Å². The topological polar surface area (TPSA) is 13.1 Å². The highest BCUT2D eigenvalue weighted by Crippen LogP contribution is 2.51. The first kappa shape index (κ1) is 23.6. The Morgan fingerprint density at radius 3 is 1.83 bits per heavy atom. The molecule has 8 aromatic rings. The van der Waals surface area contributed by atoms with E-state index >= 15 is 0 Å². The third-order valence-electron chi connectivity index (χ3n) is 9.42. The number of rotatable bonds is 2. The van der Waals surface area contributed by atoms with Crippen LogP contribution < -0.4 is 0 Å². The van der Waals surface area contributed by atoms with Crippen LogP contribution in [0.1, 0.15) is 25.0 Å². The van der Waals surface area contributed by atoms with Gasteiger partial charge in [0.15, 0.2) is 0 Å². The molecule has 9 rings (SSSR count). The van der Waals surface area contributed by atoms with Gasteiger partial charge in [-0.2, -0.15) is 0 Å². The van der Waals surface area contributed by atoms with Crippen molar-refractivity contribution in [3.8, 4) is 33.4 Å². The lowest BCUT2D eigenvalue weighted by atomic mass is 9.80. The summed E-state index contributed by atoms with van der Waals surface area (Å²) in [4.78, 5) is 0. The number of hydrogen-bond acceptors (Lipinski definition) is 1. The average Bonchev–Trinajstić information content (AvgIpc) is 3.52. The van der Waals surface area contributed by atoms with Gasteiger partial charge in [-0.25, -0.2) is 0 Å². The van der Waals surface area contributed by atoms with Crippen molar-refractivity contribution in [2.75, 3.05) is 0 Å². The molecule has 198 valence electrons. The molecule has 0 unspecified atom stereocenters. The van der Waals surface area contributed by atoms with Gasteiger partial charge in [-0.15, -0.1) is 0 Å². The maximum atomic E-state index is 6.04. The van der Waals surface area contributed by atoms with E-state index in [1.165, 1.54) is 66.1 Å². The van der Waals surface area contributed by atoms with Crippen molar-refractivity contribution in [1.82, 2.24) is 0 Å². The van der Waals surface area contributed by atoms with Crippen LogP contribution in [-0.4, -0.2) is 0 Å². The summed E-state index contributed by atoms with van der Waals surface area (Å²) in [7, 11) is 0. The monoisotopic (exact) mass is 536 g/mol. The fourth-order valence-corrected chi connectivity index (χ4v) is 7.32. The maximum absolute atomic E-state index is 6.04. The van der Waals surface area contributed by atoms with Gasteiger partial charge in [0.1, 0.15) is 11.2 Å². The van der Waals surface area contributed by atoms with Crippen LogP contribution in [0.15, 0.2) is 138 Å². The zero-order valence-corrected chi connectivity index (χ0v) is 23.6. The Kier molecular flexibility index (Phi) is 4.73. The molecule has 42 heavy (non-hydrogen) atoms. The molecule has 1 aliphatic rings. The van der Waals surface area contributed by atoms with Gasteiger partial charge in [-0.3, -0.25) is 0 Å². The minimum atomic E-state index is -0.0111. The van der Waals surface area contributed by atoms with E-state index in [1.807, 2.05) is 12.1 Å². The Morgan fingerprint density at radius 1 is 0.429 bits per heavy atom. The molecule has 0 fully saturated rings. The molecule has 0 saturated carbocycles. The van der Waals surface area contributed by atoms with Gasteiger partial charge in [-0.1, -0.05) is 111 Å². The first-order valence-electron chi connectivity index (χ1n) is 14.7. The standard InChI is InChI=1S/C41H28O/c1-41(2)37-9-5-3-7-33(37)35-19-16-31-23-29(15-18-32(31)40(35)41)27-12-11-26-22-28(14-13-25(26)21-27)30-17-20-39-36(24-30)34-8-4-6-10-38(34)42-39/h3-24H,1-2H3. The zero-order chi connectivity index (χ0) is 28.0. The van der Waals surface area contributed by atoms with Crippen LogP contribution in [0.3, 0.4) is 0 Å². The van der Waals surface area contributed by atoms with Crippen molar-refractivity contribution < 1.29 is 4.42 Å². The van der Waals surface area contributed by atoms with Crippen LogP contribution >= 0.6 is 0 Å². The Balaban J connectivity index is 1.10. The predicted molar refractivity (Wildman–Crippen MR) is 177 cm³/mol. The minimum Gasteiger partial charge on any atom is -0.456 e. The SMILES string of the molecule is CC1(C)c2ccccc2-c2ccc3cc(-c4ccc5cc(-c6ccc7oc8ccccc8c7c6)ccc5c4)ccc3c21. The molecule has 0 bridgehead atoms. The second-order valence-corrected chi connectivity index (χ2v) is 12.2. The van der Waals surface area contributed by atoms with E-state index in [1.54, 1.807) is 0 Å². The number of benzene rings is 7. The van der Waals surface area contributed by atoms with Crippen molar-refractivity contribution >= 4 is 43.5 Å². The molecular formula is C41H28O. The summed E-state index contributed by atoms with van der Waals surface area (Å²) >= 11 is 0. The van der Waals surface area contributed by atoms with Crippen molar-refractivity contribution in [1.29, 1.82) is 0 Å². The van der Waals surface area contributed by atoms with E-state index in [0.717, 1.165) is 21.9 Å². The summed E-state index contributed by atoms with van der Waals surface area (Å²) in [6.45, 7) is 4.72. The molecule has 0 spiro atoms. The Morgan fingerprint density at radius 2 is 1.02 bits per heavy atom. The van der Waals surface area contributed by atoms with Crippen molar-refractivity contribution in [2.24, 2.45) is 0 Å². The summed E-state index contributed by atoms with van der Waals surface area (Å²) in [5.74, 6) is 0. The molecule has 0 aliphatic heterocycles. The third-order valence-corrected chi connectivity index (χ3v) is 9.42. The minimum absolute atomic E-state index is 0.0111. The van der Waals surface area contributed by atoms with Gasteiger partial charge < -0.3 is 4.42 Å². The predicted octanol–water partition coefficient (Wildman–Crippen LogP) is 11.5. The molecule has 0 saturated heterocycles. The van der Waals surface area contributed by atoms with Gasteiger partial charge in [0.2, 0.25) is 0 Å². The molecule has 1 heteroatoms. The first-order valence-corrected chi connectivity index (χ1v) is 14.7. The summed E-state index contributed by atoms with van der Waals surface area (Å²) in [6.07, 6.45) is 0. The largest absolute Gasteiger partial charge is 0.456 e. The van der Waals surface area contributed by atoms with E-state index in [9.17, 15) is 0 Å². The molecule has 7 aromatic carbocycles. The molecule has 0 radical (unpaired) electrons. The number of para-hydroxylation sites is 1. The fraction of sp³-hybridized carbons (Fsp3) is 0.0732. The molecule has 1 aromatic heterocycles. The van der Waals surface area contributed by atoms with Crippen molar-refractivity contribution in [2.45, 2.75) is 19.3 Å². The van der Waals surface area contributed by atoms with Gasteiger partial charge in [0.25, 0.3) is 0 Å². The number of fused-ring (bicyclic) bond motifs is 9.